The zero-order chi connectivity index (χ0) is 11.0. The van der Waals surface area contributed by atoms with Crippen LogP contribution in [0.3, 0.4) is 0 Å². The van der Waals surface area contributed by atoms with E-state index in [0.29, 0.717) is 15.9 Å². The Morgan fingerprint density at radius 1 is 1.47 bits per heavy atom. The molecule has 0 saturated carbocycles. The molecule has 0 N–H and O–H groups in total. The molecule has 2 rings (SSSR count). The van der Waals surface area contributed by atoms with E-state index in [9.17, 15) is 4.79 Å². The topological polar surface area (TPSA) is 34.9 Å². The summed E-state index contributed by atoms with van der Waals surface area (Å²) >= 11 is 5.98. The number of rotatable bonds is 1. The van der Waals surface area contributed by atoms with E-state index in [1.165, 1.54) is 0 Å². The van der Waals surface area contributed by atoms with Gasteiger partial charge in [-0.05, 0) is 12.1 Å². The number of halogens is 1. The van der Waals surface area contributed by atoms with Gasteiger partial charge in [0, 0.05) is 13.5 Å². The number of hydrogen-bond donors (Lipinski definition) is 0. The molecule has 0 aliphatic carbocycles. The first-order valence-electron chi connectivity index (χ1n) is 4.79. The summed E-state index contributed by atoms with van der Waals surface area (Å²) in [5.41, 5.74) is 0.588. The highest BCUT2D eigenvalue weighted by molar-refractivity contribution is 6.35. The fourth-order valence-corrected chi connectivity index (χ4v) is 1.88. The predicted molar refractivity (Wildman–Crippen MR) is 61.4 cm³/mol. The first kappa shape index (κ1) is 10.2. The first-order chi connectivity index (χ1) is 7.15. The quantitative estimate of drug-likeness (QED) is 0.741. The van der Waals surface area contributed by atoms with Crippen molar-refractivity contribution in [2.45, 2.75) is 13.3 Å². The van der Waals surface area contributed by atoms with Gasteiger partial charge in [0.2, 0.25) is 0 Å². The van der Waals surface area contributed by atoms with E-state index in [1.807, 2.05) is 13.0 Å². The normalized spacial score (nSPS) is 10.9. The summed E-state index contributed by atoms with van der Waals surface area (Å²) in [7, 11) is 1.72. The van der Waals surface area contributed by atoms with Crippen molar-refractivity contribution in [1.29, 1.82) is 0 Å². The van der Waals surface area contributed by atoms with Crippen molar-refractivity contribution >= 4 is 22.5 Å². The second kappa shape index (κ2) is 3.66. The molecule has 0 fully saturated rings. The molecule has 0 unspecified atom stereocenters. The van der Waals surface area contributed by atoms with Crippen LogP contribution >= 0.6 is 11.6 Å². The van der Waals surface area contributed by atoms with E-state index < -0.39 is 0 Å². The predicted octanol–water partition coefficient (Wildman–Crippen LogP) is 2.15. The lowest BCUT2D eigenvalue weighted by Crippen LogP contribution is -2.22. The lowest BCUT2D eigenvalue weighted by atomic mass is 10.2. The lowest BCUT2D eigenvalue weighted by molar-refractivity contribution is 0.752. The molecule has 78 valence electrons. The van der Waals surface area contributed by atoms with E-state index in [2.05, 4.69) is 4.98 Å². The van der Waals surface area contributed by atoms with Crippen LogP contribution in [-0.4, -0.2) is 9.55 Å². The highest BCUT2D eigenvalue weighted by Gasteiger charge is 2.08. The van der Waals surface area contributed by atoms with Crippen molar-refractivity contribution in [2.24, 2.45) is 7.05 Å². The number of aromatic nitrogens is 2. The van der Waals surface area contributed by atoms with E-state index in [0.717, 1.165) is 12.2 Å². The van der Waals surface area contributed by atoms with Gasteiger partial charge in [-0.3, -0.25) is 9.36 Å². The van der Waals surface area contributed by atoms with Crippen molar-refractivity contribution in [2.75, 3.05) is 0 Å². The molecule has 0 atom stereocenters. The number of aryl methyl sites for hydroxylation is 1. The highest BCUT2D eigenvalue weighted by atomic mass is 35.5. The molecule has 1 heterocycles. The van der Waals surface area contributed by atoms with Gasteiger partial charge in [0.05, 0.1) is 15.9 Å². The zero-order valence-corrected chi connectivity index (χ0v) is 9.38. The minimum Gasteiger partial charge on any atom is -0.299 e. The minimum absolute atomic E-state index is 0.0811. The molecule has 0 amide bonds. The third kappa shape index (κ3) is 1.53. The summed E-state index contributed by atoms with van der Waals surface area (Å²) in [6.07, 6.45) is 0.730. The first-order valence-corrected chi connectivity index (χ1v) is 5.17. The van der Waals surface area contributed by atoms with Gasteiger partial charge in [0.1, 0.15) is 5.82 Å². The maximum atomic E-state index is 12.0. The molecule has 2 aromatic rings. The Balaban J connectivity index is 2.98. The summed E-state index contributed by atoms with van der Waals surface area (Å²) in [6, 6.07) is 5.32. The van der Waals surface area contributed by atoms with Gasteiger partial charge in [0.15, 0.2) is 0 Å². The van der Waals surface area contributed by atoms with Crippen LogP contribution in [0.25, 0.3) is 10.9 Å². The Bertz CT molecular complexity index is 575. The van der Waals surface area contributed by atoms with Crippen LogP contribution in [0.15, 0.2) is 23.0 Å². The Morgan fingerprint density at radius 2 is 2.20 bits per heavy atom. The molecule has 4 heteroatoms. The van der Waals surface area contributed by atoms with Crippen LogP contribution in [0.5, 0.6) is 0 Å². The van der Waals surface area contributed by atoms with Crippen LogP contribution in [0.4, 0.5) is 0 Å². The Kier molecular flexibility index (Phi) is 2.49. The average molecular weight is 223 g/mol. The largest absolute Gasteiger partial charge is 0.299 e. The Labute approximate surface area is 92.3 Å². The van der Waals surface area contributed by atoms with Crippen LogP contribution in [0.2, 0.25) is 5.02 Å². The van der Waals surface area contributed by atoms with Gasteiger partial charge in [0.25, 0.3) is 5.56 Å². The third-order valence-corrected chi connectivity index (χ3v) is 2.78. The molecule has 0 aliphatic rings. The maximum absolute atomic E-state index is 12.0. The minimum atomic E-state index is -0.0811. The fraction of sp³-hybridized carbons (Fsp3) is 0.273. The van der Waals surface area contributed by atoms with Gasteiger partial charge in [-0.25, -0.2) is 4.98 Å². The van der Waals surface area contributed by atoms with E-state index in [-0.39, 0.29) is 5.56 Å². The molecule has 3 nitrogen and oxygen atoms in total. The molecule has 0 aliphatic heterocycles. The molecular formula is C11H11ClN2O. The van der Waals surface area contributed by atoms with Crippen LogP contribution in [0, 0.1) is 0 Å². The summed E-state index contributed by atoms with van der Waals surface area (Å²) in [5.74, 6) is 0.773. The zero-order valence-electron chi connectivity index (χ0n) is 8.62. The number of benzene rings is 1. The van der Waals surface area contributed by atoms with Crippen molar-refractivity contribution in [3.05, 3.63) is 39.4 Å². The van der Waals surface area contributed by atoms with Gasteiger partial charge in [-0.1, -0.05) is 24.6 Å². The van der Waals surface area contributed by atoms with Crippen molar-refractivity contribution in [1.82, 2.24) is 9.55 Å². The Morgan fingerprint density at radius 3 is 2.87 bits per heavy atom. The molecule has 1 aromatic heterocycles. The van der Waals surface area contributed by atoms with Crippen LogP contribution < -0.4 is 5.56 Å². The number of fused-ring (bicyclic) bond motifs is 1. The van der Waals surface area contributed by atoms with Crippen molar-refractivity contribution < 1.29 is 0 Å². The molecule has 1 aromatic carbocycles. The summed E-state index contributed by atoms with van der Waals surface area (Å²) in [6.45, 7) is 1.97. The van der Waals surface area contributed by atoms with Crippen LogP contribution in [-0.2, 0) is 13.5 Å². The number of nitrogens with zero attached hydrogens (tertiary/aromatic N) is 2. The second-order valence-corrected chi connectivity index (χ2v) is 3.79. The third-order valence-electron chi connectivity index (χ3n) is 2.46. The fourth-order valence-electron chi connectivity index (χ4n) is 1.63. The van der Waals surface area contributed by atoms with E-state index in [4.69, 9.17) is 11.6 Å². The van der Waals surface area contributed by atoms with Gasteiger partial charge < -0.3 is 0 Å². The molecule has 0 spiro atoms. The molecule has 15 heavy (non-hydrogen) atoms. The van der Waals surface area contributed by atoms with Gasteiger partial charge in [-0.2, -0.15) is 0 Å². The highest BCUT2D eigenvalue weighted by Crippen LogP contribution is 2.18. The molecule has 0 bridgehead atoms. The average Bonchev–Trinajstić information content (AvgIpc) is 2.23. The lowest BCUT2D eigenvalue weighted by Gasteiger charge is -2.07. The molecule has 0 radical (unpaired) electrons. The molecule has 0 saturated heterocycles. The second-order valence-electron chi connectivity index (χ2n) is 3.38. The Hall–Kier alpha value is -1.35. The van der Waals surface area contributed by atoms with Crippen molar-refractivity contribution in [3.63, 3.8) is 0 Å². The van der Waals surface area contributed by atoms with Crippen molar-refractivity contribution in [3.8, 4) is 0 Å². The van der Waals surface area contributed by atoms with Gasteiger partial charge >= 0.3 is 0 Å². The van der Waals surface area contributed by atoms with Crippen LogP contribution in [0.1, 0.15) is 12.7 Å². The monoisotopic (exact) mass is 222 g/mol. The SMILES string of the molecule is CCc1nc2cccc(Cl)c2c(=O)n1C. The van der Waals surface area contributed by atoms with E-state index >= 15 is 0 Å². The smallest absolute Gasteiger partial charge is 0.262 e. The number of hydrogen-bond acceptors (Lipinski definition) is 2. The maximum Gasteiger partial charge on any atom is 0.262 e. The summed E-state index contributed by atoms with van der Waals surface area (Å²) in [4.78, 5) is 16.4. The summed E-state index contributed by atoms with van der Waals surface area (Å²) < 4.78 is 1.55. The van der Waals surface area contributed by atoms with Gasteiger partial charge in [-0.15, -0.1) is 0 Å². The summed E-state index contributed by atoms with van der Waals surface area (Å²) in [5, 5.41) is 0.960. The standard InChI is InChI=1S/C11H11ClN2O/c1-3-9-13-8-6-4-5-7(12)10(8)11(15)14(9)2/h4-6H,3H2,1-2H3. The molecular weight excluding hydrogens is 212 g/mol. The van der Waals surface area contributed by atoms with E-state index in [1.54, 1.807) is 23.7 Å².